The van der Waals surface area contributed by atoms with E-state index in [2.05, 4.69) is 20.8 Å². The van der Waals surface area contributed by atoms with Crippen molar-refractivity contribution in [3.63, 3.8) is 0 Å². The van der Waals surface area contributed by atoms with E-state index in [-0.39, 0.29) is 5.91 Å². The Bertz CT molecular complexity index is 641. The number of hydrogen-bond donors (Lipinski definition) is 2. The van der Waals surface area contributed by atoms with Crippen molar-refractivity contribution in [1.29, 1.82) is 0 Å². The van der Waals surface area contributed by atoms with E-state index in [1.165, 1.54) is 0 Å². The minimum Gasteiger partial charge on any atom is -0.494 e. The number of amides is 1. The van der Waals surface area contributed by atoms with Crippen LogP contribution in [0.5, 0.6) is 5.75 Å². The van der Waals surface area contributed by atoms with E-state index in [9.17, 15) is 4.79 Å². The molecular formula is C17H23N5O2. The number of nitrogens with zero attached hydrogens (tertiary/aromatic N) is 3. The molecule has 2 N–H and O–H groups in total. The molecule has 1 amide bonds. The highest BCUT2D eigenvalue weighted by Crippen LogP contribution is 2.18. The van der Waals surface area contributed by atoms with E-state index in [0.29, 0.717) is 24.7 Å². The first kappa shape index (κ1) is 17.7. The maximum Gasteiger partial charge on any atom is 0.271 e. The van der Waals surface area contributed by atoms with E-state index in [1.54, 1.807) is 12.1 Å². The zero-order valence-electron chi connectivity index (χ0n) is 14.2. The highest BCUT2D eigenvalue weighted by molar-refractivity contribution is 5.92. The Morgan fingerprint density at radius 2 is 1.88 bits per heavy atom. The predicted octanol–water partition coefficient (Wildman–Crippen LogP) is 1.91. The molecule has 0 atom stereocenters. The lowest BCUT2D eigenvalue weighted by molar-refractivity contribution is 0.0945. The van der Waals surface area contributed by atoms with E-state index in [4.69, 9.17) is 4.74 Å². The zero-order valence-corrected chi connectivity index (χ0v) is 14.2. The van der Waals surface area contributed by atoms with Crippen LogP contribution in [0.4, 0.5) is 11.5 Å². The van der Waals surface area contributed by atoms with Gasteiger partial charge in [-0.25, -0.2) is 0 Å². The van der Waals surface area contributed by atoms with Crippen LogP contribution < -0.4 is 15.4 Å². The van der Waals surface area contributed by atoms with E-state index < -0.39 is 0 Å². The molecule has 0 spiro atoms. The first-order chi connectivity index (χ1) is 11.6. The SMILES string of the molecule is CCOc1ccc(Nc2ccc(C(=O)NCCN(C)C)nn2)cc1. The van der Waals surface area contributed by atoms with Gasteiger partial charge in [0.25, 0.3) is 5.91 Å². The topological polar surface area (TPSA) is 79.4 Å². The molecule has 0 bridgehead atoms. The molecule has 0 saturated heterocycles. The predicted molar refractivity (Wildman–Crippen MR) is 93.8 cm³/mol. The van der Waals surface area contributed by atoms with Crippen LogP contribution in [0.1, 0.15) is 17.4 Å². The van der Waals surface area contributed by atoms with Crippen LogP contribution in [-0.4, -0.2) is 54.8 Å². The summed E-state index contributed by atoms with van der Waals surface area (Å²) in [6.45, 7) is 3.92. The molecule has 1 aromatic heterocycles. The maximum atomic E-state index is 11.9. The molecule has 24 heavy (non-hydrogen) atoms. The van der Waals surface area contributed by atoms with Crippen LogP contribution in [0.3, 0.4) is 0 Å². The van der Waals surface area contributed by atoms with E-state index >= 15 is 0 Å². The van der Waals surface area contributed by atoms with Crippen molar-refractivity contribution >= 4 is 17.4 Å². The van der Waals surface area contributed by atoms with Crippen LogP contribution in [0.2, 0.25) is 0 Å². The second kappa shape index (κ2) is 8.83. The summed E-state index contributed by atoms with van der Waals surface area (Å²) in [5, 5.41) is 13.9. The summed E-state index contributed by atoms with van der Waals surface area (Å²) in [6.07, 6.45) is 0. The van der Waals surface area contributed by atoms with Crippen molar-refractivity contribution < 1.29 is 9.53 Å². The van der Waals surface area contributed by atoms with Gasteiger partial charge in [-0.2, -0.15) is 0 Å². The highest BCUT2D eigenvalue weighted by atomic mass is 16.5. The van der Waals surface area contributed by atoms with Gasteiger partial charge >= 0.3 is 0 Å². The van der Waals surface area contributed by atoms with Crippen LogP contribution in [0.15, 0.2) is 36.4 Å². The fourth-order valence-electron chi connectivity index (χ4n) is 1.95. The molecule has 0 unspecified atom stereocenters. The van der Waals surface area contributed by atoms with Gasteiger partial charge in [-0.3, -0.25) is 4.79 Å². The third-order valence-corrected chi connectivity index (χ3v) is 3.18. The summed E-state index contributed by atoms with van der Waals surface area (Å²) in [4.78, 5) is 13.9. The van der Waals surface area contributed by atoms with Crippen molar-refractivity contribution in [1.82, 2.24) is 20.4 Å². The molecule has 0 saturated carbocycles. The Balaban J connectivity index is 1.90. The minimum absolute atomic E-state index is 0.225. The number of ether oxygens (including phenoxy) is 1. The quantitative estimate of drug-likeness (QED) is 0.770. The molecule has 1 heterocycles. The number of carbonyl (C=O) groups excluding carboxylic acids is 1. The summed E-state index contributed by atoms with van der Waals surface area (Å²) in [5.74, 6) is 1.17. The fourth-order valence-corrected chi connectivity index (χ4v) is 1.95. The monoisotopic (exact) mass is 329 g/mol. The van der Waals surface area contributed by atoms with Crippen molar-refractivity contribution in [3.8, 4) is 5.75 Å². The molecule has 0 aliphatic carbocycles. The standard InChI is InChI=1S/C17H23N5O2/c1-4-24-14-7-5-13(6-8-14)19-16-10-9-15(20-21-16)17(23)18-11-12-22(2)3/h5-10H,4,11-12H2,1-3H3,(H,18,23)(H,19,21). The number of carbonyl (C=O) groups is 1. The summed E-state index contributed by atoms with van der Waals surface area (Å²) in [6, 6.07) is 10.9. The highest BCUT2D eigenvalue weighted by Gasteiger charge is 2.08. The summed E-state index contributed by atoms with van der Waals surface area (Å²) in [5.41, 5.74) is 1.17. The molecule has 7 nitrogen and oxygen atoms in total. The Morgan fingerprint density at radius 1 is 1.12 bits per heavy atom. The average Bonchev–Trinajstić information content (AvgIpc) is 2.57. The first-order valence-electron chi connectivity index (χ1n) is 7.85. The van der Waals surface area contributed by atoms with E-state index in [0.717, 1.165) is 18.0 Å². The van der Waals surface area contributed by atoms with Crippen molar-refractivity contribution in [2.75, 3.05) is 39.1 Å². The van der Waals surface area contributed by atoms with Gasteiger partial charge in [0, 0.05) is 18.8 Å². The van der Waals surface area contributed by atoms with Gasteiger partial charge in [-0.05, 0) is 57.4 Å². The molecule has 0 aliphatic rings. The Hall–Kier alpha value is -2.67. The van der Waals surface area contributed by atoms with Crippen molar-refractivity contribution in [2.24, 2.45) is 0 Å². The Morgan fingerprint density at radius 3 is 2.46 bits per heavy atom. The molecular weight excluding hydrogens is 306 g/mol. The van der Waals surface area contributed by atoms with Crippen molar-refractivity contribution in [3.05, 3.63) is 42.1 Å². The number of hydrogen-bond acceptors (Lipinski definition) is 6. The Kier molecular flexibility index (Phi) is 6.51. The minimum atomic E-state index is -0.225. The van der Waals surface area contributed by atoms with E-state index in [1.807, 2.05) is 50.2 Å². The second-order valence-corrected chi connectivity index (χ2v) is 5.45. The fraction of sp³-hybridized carbons (Fsp3) is 0.353. The van der Waals surface area contributed by atoms with Crippen LogP contribution in [0, 0.1) is 0 Å². The zero-order chi connectivity index (χ0) is 17.4. The van der Waals surface area contributed by atoms with Gasteiger partial charge in [0.15, 0.2) is 11.5 Å². The first-order valence-corrected chi connectivity index (χ1v) is 7.85. The number of likely N-dealkylation sites (N-methyl/N-ethyl adjacent to an activating group) is 1. The molecule has 0 aliphatic heterocycles. The number of benzene rings is 1. The molecule has 1 aromatic carbocycles. The van der Waals surface area contributed by atoms with Gasteiger partial charge in [0.05, 0.1) is 6.61 Å². The third-order valence-electron chi connectivity index (χ3n) is 3.18. The molecule has 0 fully saturated rings. The van der Waals surface area contributed by atoms with Crippen LogP contribution in [0.25, 0.3) is 0 Å². The van der Waals surface area contributed by atoms with Gasteiger partial charge in [0.2, 0.25) is 0 Å². The molecule has 2 rings (SSSR count). The van der Waals surface area contributed by atoms with Gasteiger partial charge < -0.3 is 20.3 Å². The second-order valence-electron chi connectivity index (χ2n) is 5.45. The number of rotatable bonds is 8. The van der Waals surface area contributed by atoms with Crippen LogP contribution >= 0.6 is 0 Å². The summed E-state index contributed by atoms with van der Waals surface area (Å²) < 4.78 is 5.40. The average molecular weight is 329 g/mol. The normalized spacial score (nSPS) is 10.5. The lowest BCUT2D eigenvalue weighted by Crippen LogP contribution is -2.31. The molecule has 128 valence electrons. The molecule has 0 radical (unpaired) electrons. The van der Waals surface area contributed by atoms with Gasteiger partial charge in [-0.1, -0.05) is 0 Å². The lowest BCUT2D eigenvalue weighted by atomic mass is 10.3. The summed E-state index contributed by atoms with van der Waals surface area (Å²) in [7, 11) is 3.90. The smallest absolute Gasteiger partial charge is 0.271 e. The van der Waals surface area contributed by atoms with Crippen molar-refractivity contribution in [2.45, 2.75) is 6.92 Å². The lowest BCUT2D eigenvalue weighted by Gasteiger charge is -2.10. The number of nitrogens with one attached hydrogen (secondary N) is 2. The summed E-state index contributed by atoms with van der Waals surface area (Å²) >= 11 is 0. The van der Waals surface area contributed by atoms with Gasteiger partial charge in [0.1, 0.15) is 5.75 Å². The third kappa shape index (κ3) is 5.51. The van der Waals surface area contributed by atoms with Gasteiger partial charge in [-0.15, -0.1) is 10.2 Å². The maximum absolute atomic E-state index is 11.9. The number of anilines is 2. The number of aromatic nitrogens is 2. The van der Waals surface area contributed by atoms with Crippen LogP contribution in [-0.2, 0) is 0 Å². The molecule has 2 aromatic rings. The Labute approximate surface area is 142 Å². The molecule has 7 heteroatoms. The largest absolute Gasteiger partial charge is 0.494 e.